The highest BCUT2D eigenvalue weighted by Crippen LogP contribution is 2.29. The normalized spacial score (nSPS) is 14.7. The minimum Gasteiger partial charge on any atom is -0.477 e. The average molecular weight is 1090 g/mol. The number of nitrogens with one attached hydrogen (secondary N) is 4. The van der Waals surface area contributed by atoms with Crippen molar-refractivity contribution in [3.05, 3.63) is 117 Å². The van der Waals surface area contributed by atoms with Gasteiger partial charge in [-0.15, -0.1) is 10.2 Å². The van der Waals surface area contributed by atoms with Crippen molar-refractivity contribution in [3.63, 3.8) is 0 Å². The number of carbonyl (C=O) groups is 8. The first-order valence-electron chi connectivity index (χ1n) is 26.4. The molecule has 23 nitrogen and oxygen atoms in total. The summed E-state index contributed by atoms with van der Waals surface area (Å²) in [5.74, 6) is -5.17. The van der Waals surface area contributed by atoms with Crippen LogP contribution in [-0.2, 0) is 48.3 Å². The number of amides is 8. The summed E-state index contributed by atoms with van der Waals surface area (Å²) in [6.07, 6.45) is 3.47. The molecule has 8 amide bonds. The van der Waals surface area contributed by atoms with Crippen LogP contribution in [0.1, 0.15) is 117 Å². The number of halogens is 1. The van der Waals surface area contributed by atoms with Crippen LogP contribution in [0.5, 0.6) is 0 Å². The standard InChI is InChI=1S/C55H66FN11O12/c1-4-64-31-39(53(74)75)48(71)38-29-40(56)43(30-42(38)64)65-24-26-66(27-25-65)55(77)78-32-35-16-18-36(19-17-35)59-49(72)37(14-11-22-58-54(57)76)51-62-63-52(79-51)47(33(2)3)61-50(73)41(28-34-12-7-5-8-13-34)60-44(68)15-9-6-10-23-67-45(69)20-21-46(67)70/h5,7-8,12-13,16-19,29-31,33,37,41,47H,4,6,9-11,14-15,20-28,32H2,1-3H3,(H,59,72)(H,60,68)(H,61,73)(H,74,75)(H3,57,58,76)/t37-,41+,47-/m0/s1. The van der Waals surface area contributed by atoms with Gasteiger partial charge in [-0.2, -0.15) is 0 Å². The highest BCUT2D eigenvalue weighted by molar-refractivity contribution is 6.02. The number of pyridine rings is 1. The molecule has 0 bridgehead atoms. The number of rotatable bonds is 25. The minimum absolute atomic E-state index is 0.0225. The molecule has 2 saturated heterocycles. The van der Waals surface area contributed by atoms with E-state index in [1.165, 1.54) is 22.1 Å². The van der Waals surface area contributed by atoms with E-state index >= 15 is 4.39 Å². The smallest absolute Gasteiger partial charge is 0.410 e. The molecule has 0 spiro atoms. The molecule has 2 aromatic heterocycles. The second-order valence-electron chi connectivity index (χ2n) is 19.8. The lowest BCUT2D eigenvalue weighted by molar-refractivity contribution is -0.138. The highest BCUT2D eigenvalue weighted by Gasteiger charge is 2.33. The Bertz CT molecular complexity index is 3070. The number of likely N-dealkylation sites (tertiary alicyclic amines) is 1. The third kappa shape index (κ3) is 15.3. The molecule has 0 radical (unpaired) electrons. The van der Waals surface area contributed by atoms with Gasteiger partial charge in [0.25, 0.3) is 0 Å². The van der Waals surface area contributed by atoms with Gasteiger partial charge in [0, 0.05) is 88.8 Å². The van der Waals surface area contributed by atoms with Crippen molar-refractivity contribution in [2.45, 2.75) is 110 Å². The van der Waals surface area contributed by atoms with Crippen LogP contribution in [0.15, 0.2) is 82.1 Å². The summed E-state index contributed by atoms with van der Waals surface area (Å²) in [5, 5.41) is 29.2. The van der Waals surface area contributed by atoms with Gasteiger partial charge in [0.2, 0.25) is 46.7 Å². The second kappa shape index (κ2) is 27.1. The minimum atomic E-state index is -1.40. The molecule has 0 aliphatic carbocycles. The number of anilines is 2. The van der Waals surface area contributed by atoms with Gasteiger partial charge < -0.3 is 55.6 Å². The number of carbonyl (C=O) groups excluding carboxylic acids is 7. The molecule has 24 heteroatoms. The zero-order chi connectivity index (χ0) is 56.8. The summed E-state index contributed by atoms with van der Waals surface area (Å²) >= 11 is 0. The lowest BCUT2D eigenvalue weighted by atomic mass is 10.0. The fourth-order valence-corrected chi connectivity index (χ4v) is 9.43. The summed E-state index contributed by atoms with van der Waals surface area (Å²) in [7, 11) is 0. The van der Waals surface area contributed by atoms with Crippen LogP contribution in [-0.4, -0.2) is 123 Å². The number of fused-ring (bicyclic) bond motifs is 1. The van der Waals surface area contributed by atoms with E-state index in [9.17, 15) is 48.3 Å². The molecule has 0 unspecified atom stereocenters. The maximum atomic E-state index is 15.5. The van der Waals surface area contributed by atoms with E-state index < -0.39 is 64.7 Å². The Hall–Kier alpha value is -8.70. The first kappa shape index (κ1) is 58.0. The summed E-state index contributed by atoms with van der Waals surface area (Å²) in [6, 6.07) is 15.8. The van der Waals surface area contributed by atoms with E-state index in [4.69, 9.17) is 14.9 Å². The molecule has 0 saturated carbocycles. The van der Waals surface area contributed by atoms with Gasteiger partial charge in [0.15, 0.2) is 0 Å². The Morgan fingerprint density at radius 2 is 1.53 bits per heavy atom. The van der Waals surface area contributed by atoms with Crippen molar-refractivity contribution >= 4 is 69.9 Å². The van der Waals surface area contributed by atoms with Gasteiger partial charge in [-0.25, -0.2) is 18.8 Å². The maximum Gasteiger partial charge on any atom is 0.410 e. The molecule has 79 heavy (non-hydrogen) atoms. The predicted molar refractivity (Wildman–Crippen MR) is 286 cm³/mol. The number of imide groups is 1. The number of aromatic nitrogens is 3. The summed E-state index contributed by atoms with van der Waals surface area (Å²) in [6.45, 7) is 7.10. The van der Waals surface area contributed by atoms with Crippen molar-refractivity contribution in [2.75, 3.05) is 49.5 Å². The summed E-state index contributed by atoms with van der Waals surface area (Å²) in [4.78, 5) is 119. The lowest BCUT2D eigenvalue weighted by Gasteiger charge is -2.35. The SMILES string of the molecule is CCn1cc(C(=O)O)c(=O)c2cc(F)c(N3CCN(C(=O)OCc4ccc(NC(=O)[C@H](CCCNC(N)=O)c5nnc([C@@H](NC(=O)[C@@H](Cc6ccccc6)NC(=O)CCCCCN6C(=O)CCC6=O)C(C)C)o5)cc4)CC3)cc21. The van der Waals surface area contributed by atoms with Gasteiger partial charge in [0.05, 0.1) is 11.2 Å². The number of aryl methyl sites for hydroxylation is 1. The first-order chi connectivity index (χ1) is 37.9. The molecule has 7 N–H and O–H groups in total. The van der Waals surface area contributed by atoms with Crippen molar-refractivity contribution < 1.29 is 57.0 Å². The third-order valence-electron chi connectivity index (χ3n) is 13.8. The van der Waals surface area contributed by atoms with Crippen LogP contribution >= 0.6 is 0 Å². The maximum absolute atomic E-state index is 15.5. The van der Waals surface area contributed by atoms with Crippen molar-refractivity contribution in [1.82, 2.24) is 40.5 Å². The van der Waals surface area contributed by atoms with Gasteiger partial charge in [-0.3, -0.25) is 33.7 Å². The number of nitrogens with zero attached hydrogens (tertiary/aromatic N) is 6. The number of ether oxygens (including phenoxy) is 1. The van der Waals surface area contributed by atoms with Gasteiger partial charge in [0.1, 0.15) is 36.0 Å². The Kier molecular flexibility index (Phi) is 19.9. The fraction of sp³-hybridized carbons (Fsp3) is 0.436. The van der Waals surface area contributed by atoms with E-state index in [-0.39, 0.29) is 118 Å². The van der Waals surface area contributed by atoms with Crippen LogP contribution in [0.4, 0.5) is 25.4 Å². The molecule has 7 rings (SSSR count). The number of primary amides is 1. The number of nitrogens with two attached hydrogens (primary N) is 1. The molecule has 420 valence electrons. The van der Waals surface area contributed by atoms with E-state index in [0.29, 0.717) is 55.5 Å². The van der Waals surface area contributed by atoms with Crippen LogP contribution in [0.25, 0.3) is 10.9 Å². The topological polar surface area (TPSA) is 311 Å². The predicted octanol–water partition coefficient (Wildman–Crippen LogP) is 5.12. The second-order valence-corrected chi connectivity index (χ2v) is 19.8. The van der Waals surface area contributed by atoms with Crippen LogP contribution in [0.3, 0.4) is 0 Å². The molecule has 2 fully saturated rings. The zero-order valence-electron chi connectivity index (χ0n) is 44.3. The highest BCUT2D eigenvalue weighted by atomic mass is 19.1. The third-order valence-corrected chi connectivity index (χ3v) is 13.8. The largest absolute Gasteiger partial charge is 0.477 e. The quantitative estimate of drug-likeness (QED) is 0.0326. The van der Waals surface area contributed by atoms with E-state index in [2.05, 4.69) is 31.5 Å². The number of carboxylic acid groups (broad SMARTS) is 1. The first-order valence-corrected chi connectivity index (χ1v) is 26.4. The number of benzene rings is 3. The molecule has 2 aliphatic rings. The number of carboxylic acids is 1. The average Bonchev–Trinajstić information content (AvgIpc) is 4.08. The van der Waals surface area contributed by atoms with E-state index in [0.717, 1.165) is 11.6 Å². The molecule has 3 atom stereocenters. The number of hydrogen-bond acceptors (Lipinski definition) is 14. The molecule has 4 heterocycles. The number of unbranched alkanes of at least 4 members (excludes halogenated alkanes) is 2. The molecular weight excluding hydrogens is 1030 g/mol. The fourth-order valence-electron chi connectivity index (χ4n) is 9.43. The number of hydrogen-bond donors (Lipinski definition) is 6. The lowest BCUT2D eigenvalue weighted by Crippen LogP contribution is -2.49. The van der Waals surface area contributed by atoms with Crippen LogP contribution < -0.4 is 37.3 Å². The van der Waals surface area contributed by atoms with Crippen molar-refractivity contribution in [1.29, 1.82) is 0 Å². The van der Waals surface area contributed by atoms with Crippen LogP contribution in [0, 0.1) is 11.7 Å². The molecular formula is C55H66FN11O12. The monoisotopic (exact) mass is 1090 g/mol. The molecule has 5 aromatic rings. The number of aromatic carboxylic acids is 1. The van der Waals surface area contributed by atoms with Crippen molar-refractivity contribution in [3.8, 4) is 0 Å². The van der Waals surface area contributed by atoms with Crippen molar-refractivity contribution in [2.24, 2.45) is 11.7 Å². The number of piperazine rings is 1. The van der Waals surface area contributed by atoms with Gasteiger partial charge in [-0.1, -0.05) is 62.7 Å². The number of urea groups is 1. The molecule has 2 aliphatic heterocycles. The van der Waals surface area contributed by atoms with Gasteiger partial charge >= 0.3 is 18.1 Å². The Labute approximate surface area is 454 Å². The summed E-state index contributed by atoms with van der Waals surface area (Å²) in [5.41, 5.74) is 6.48. The van der Waals surface area contributed by atoms with Crippen LogP contribution in [0.2, 0.25) is 0 Å². The molecule has 3 aromatic carbocycles. The summed E-state index contributed by atoms with van der Waals surface area (Å²) < 4.78 is 28.8. The Balaban J connectivity index is 0.942. The Morgan fingerprint density at radius 3 is 2.19 bits per heavy atom. The Morgan fingerprint density at radius 1 is 0.835 bits per heavy atom. The van der Waals surface area contributed by atoms with Gasteiger partial charge in [-0.05, 0) is 73.9 Å². The zero-order valence-corrected chi connectivity index (χ0v) is 44.3. The van der Waals surface area contributed by atoms with E-state index in [1.54, 1.807) is 40.7 Å². The van der Waals surface area contributed by atoms with E-state index in [1.807, 2.05) is 44.2 Å².